The fraction of sp³-hybridized carbons (Fsp3) is 0.450. The number of nitrogens with one attached hydrogen (secondary N) is 1. The largest absolute Gasteiger partial charge is 0.374 e. The van der Waals surface area contributed by atoms with E-state index in [1.165, 1.54) is 5.56 Å². The number of pyridine rings is 1. The van der Waals surface area contributed by atoms with Gasteiger partial charge in [0.15, 0.2) is 0 Å². The molecule has 0 unspecified atom stereocenters. The van der Waals surface area contributed by atoms with Gasteiger partial charge in [-0.2, -0.15) is 0 Å². The van der Waals surface area contributed by atoms with Crippen molar-refractivity contribution in [3.63, 3.8) is 0 Å². The zero-order valence-corrected chi connectivity index (χ0v) is 14.4. The number of morpholine rings is 1. The Hall–Kier alpha value is -1.75. The highest BCUT2D eigenvalue weighted by atomic mass is 16.5. The van der Waals surface area contributed by atoms with Gasteiger partial charge in [-0.15, -0.1) is 0 Å². The molecule has 4 nitrogen and oxygen atoms in total. The fourth-order valence-electron chi connectivity index (χ4n) is 3.12. The van der Waals surface area contributed by atoms with Gasteiger partial charge in [0.1, 0.15) is 0 Å². The predicted molar refractivity (Wildman–Crippen MR) is 96.9 cm³/mol. The lowest BCUT2D eigenvalue weighted by Gasteiger charge is -2.36. The SMILES string of the molecule is C[C@@H](NCCc1ccccn1)[C@H]1CN(Cc2ccccc2)CCO1. The molecule has 1 N–H and O–H groups in total. The van der Waals surface area contributed by atoms with Crippen LogP contribution in [0.2, 0.25) is 0 Å². The van der Waals surface area contributed by atoms with Crippen molar-refractivity contribution >= 4 is 0 Å². The maximum absolute atomic E-state index is 5.99. The van der Waals surface area contributed by atoms with Crippen molar-refractivity contribution in [3.8, 4) is 0 Å². The molecule has 2 heterocycles. The van der Waals surface area contributed by atoms with Crippen LogP contribution < -0.4 is 5.32 Å². The Kier molecular flexibility index (Phi) is 6.35. The third kappa shape index (κ3) is 5.13. The van der Waals surface area contributed by atoms with Gasteiger partial charge in [-0.3, -0.25) is 9.88 Å². The van der Waals surface area contributed by atoms with E-state index >= 15 is 0 Å². The minimum atomic E-state index is 0.242. The Labute approximate surface area is 144 Å². The quantitative estimate of drug-likeness (QED) is 0.849. The van der Waals surface area contributed by atoms with E-state index in [0.29, 0.717) is 6.04 Å². The Bertz CT molecular complexity index is 590. The van der Waals surface area contributed by atoms with Crippen LogP contribution in [0.4, 0.5) is 0 Å². The summed E-state index contributed by atoms with van der Waals surface area (Å²) in [6, 6.07) is 17.1. The maximum Gasteiger partial charge on any atom is 0.0852 e. The third-order valence-corrected chi connectivity index (χ3v) is 4.56. The molecule has 0 amide bonds. The number of benzene rings is 1. The van der Waals surface area contributed by atoms with Crippen molar-refractivity contribution in [1.82, 2.24) is 15.2 Å². The van der Waals surface area contributed by atoms with E-state index in [0.717, 1.165) is 44.9 Å². The molecule has 1 aromatic heterocycles. The van der Waals surface area contributed by atoms with Crippen molar-refractivity contribution in [2.45, 2.75) is 32.0 Å². The summed E-state index contributed by atoms with van der Waals surface area (Å²) in [4.78, 5) is 6.85. The first-order chi connectivity index (χ1) is 11.8. The van der Waals surface area contributed by atoms with E-state index in [9.17, 15) is 0 Å². The van der Waals surface area contributed by atoms with Gasteiger partial charge in [-0.25, -0.2) is 0 Å². The molecule has 24 heavy (non-hydrogen) atoms. The van der Waals surface area contributed by atoms with Gasteiger partial charge >= 0.3 is 0 Å². The minimum Gasteiger partial charge on any atom is -0.374 e. The fourth-order valence-corrected chi connectivity index (χ4v) is 3.12. The molecular weight excluding hydrogens is 298 g/mol. The number of rotatable bonds is 7. The van der Waals surface area contributed by atoms with Gasteiger partial charge in [0.05, 0.1) is 12.7 Å². The van der Waals surface area contributed by atoms with Gasteiger partial charge in [0, 0.05) is 50.5 Å². The second-order valence-electron chi connectivity index (χ2n) is 6.44. The monoisotopic (exact) mass is 325 g/mol. The molecule has 3 rings (SSSR count). The summed E-state index contributed by atoms with van der Waals surface area (Å²) in [6.45, 7) is 6.94. The lowest BCUT2D eigenvalue weighted by Crippen LogP contribution is -2.51. The molecular formula is C20H27N3O. The summed E-state index contributed by atoms with van der Waals surface area (Å²) >= 11 is 0. The summed E-state index contributed by atoms with van der Waals surface area (Å²) in [6.07, 6.45) is 3.04. The average molecular weight is 325 g/mol. The molecule has 1 aliphatic rings. The molecule has 0 saturated carbocycles. The molecule has 0 radical (unpaired) electrons. The van der Waals surface area contributed by atoms with Crippen LogP contribution in [0.15, 0.2) is 54.7 Å². The van der Waals surface area contributed by atoms with Gasteiger partial charge in [-0.05, 0) is 24.6 Å². The maximum atomic E-state index is 5.99. The molecule has 1 aromatic carbocycles. The predicted octanol–water partition coefficient (Wildman–Crippen LogP) is 2.50. The lowest BCUT2D eigenvalue weighted by molar-refractivity contribution is -0.0459. The van der Waals surface area contributed by atoms with Gasteiger partial charge < -0.3 is 10.1 Å². The molecule has 1 fully saturated rings. The second-order valence-corrected chi connectivity index (χ2v) is 6.44. The Morgan fingerprint density at radius 2 is 2.04 bits per heavy atom. The smallest absolute Gasteiger partial charge is 0.0852 e. The van der Waals surface area contributed by atoms with Gasteiger partial charge in [0.2, 0.25) is 0 Å². The summed E-state index contributed by atoms with van der Waals surface area (Å²) in [5.74, 6) is 0. The molecule has 0 aliphatic carbocycles. The first kappa shape index (κ1) is 17.1. The van der Waals surface area contributed by atoms with Crippen molar-refractivity contribution in [2.75, 3.05) is 26.2 Å². The van der Waals surface area contributed by atoms with Crippen LogP contribution in [0.5, 0.6) is 0 Å². The number of nitrogens with zero attached hydrogens (tertiary/aromatic N) is 2. The minimum absolute atomic E-state index is 0.242. The van der Waals surface area contributed by atoms with E-state index in [-0.39, 0.29) is 6.10 Å². The number of aromatic nitrogens is 1. The van der Waals surface area contributed by atoms with Crippen LogP contribution >= 0.6 is 0 Å². The van der Waals surface area contributed by atoms with Crippen LogP contribution in [-0.4, -0.2) is 48.3 Å². The van der Waals surface area contributed by atoms with Crippen LogP contribution in [-0.2, 0) is 17.7 Å². The average Bonchev–Trinajstić information content (AvgIpc) is 2.64. The summed E-state index contributed by atoms with van der Waals surface area (Å²) in [5.41, 5.74) is 2.50. The van der Waals surface area contributed by atoms with E-state index in [2.05, 4.69) is 58.5 Å². The highest BCUT2D eigenvalue weighted by Gasteiger charge is 2.25. The topological polar surface area (TPSA) is 37.4 Å². The second kappa shape index (κ2) is 8.92. The van der Waals surface area contributed by atoms with Crippen molar-refractivity contribution in [1.29, 1.82) is 0 Å². The lowest BCUT2D eigenvalue weighted by atomic mass is 10.1. The van der Waals surface area contributed by atoms with Gasteiger partial charge in [-0.1, -0.05) is 36.4 Å². The van der Waals surface area contributed by atoms with Crippen LogP contribution in [0.25, 0.3) is 0 Å². The zero-order chi connectivity index (χ0) is 16.6. The molecule has 4 heteroatoms. The molecule has 128 valence electrons. The highest BCUT2D eigenvalue weighted by Crippen LogP contribution is 2.12. The molecule has 1 saturated heterocycles. The third-order valence-electron chi connectivity index (χ3n) is 4.56. The normalized spacial score (nSPS) is 20.0. The van der Waals surface area contributed by atoms with E-state index in [1.807, 2.05) is 18.3 Å². The highest BCUT2D eigenvalue weighted by molar-refractivity contribution is 5.14. The van der Waals surface area contributed by atoms with Gasteiger partial charge in [0.25, 0.3) is 0 Å². The first-order valence-corrected chi connectivity index (χ1v) is 8.82. The molecule has 0 bridgehead atoms. The van der Waals surface area contributed by atoms with Crippen molar-refractivity contribution < 1.29 is 4.74 Å². The Morgan fingerprint density at radius 1 is 1.21 bits per heavy atom. The Morgan fingerprint density at radius 3 is 2.83 bits per heavy atom. The van der Waals surface area contributed by atoms with E-state index in [4.69, 9.17) is 4.74 Å². The van der Waals surface area contributed by atoms with Crippen LogP contribution in [0.3, 0.4) is 0 Å². The van der Waals surface area contributed by atoms with Crippen LogP contribution in [0.1, 0.15) is 18.2 Å². The Balaban J connectivity index is 1.43. The van der Waals surface area contributed by atoms with Crippen LogP contribution in [0, 0.1) is 0 Å². The number of ether oxygens (including phenoxy) is 1. The van der Waals surface area contributed by atoms with E-state index in [1.54, 1.807) is 0 Å². The van der Waals surface area contributed by atoms with Crippen molar-refractivity contribution in [2.24, 2.45) is 0 Å². The number of hydrogen-bond acceptors (Lipinski definition) is 4. The van der Waals surface area contributed by atoms with E-state index < -0.39 is 0 Å². The summed E-state index contributed by atoms with van der Waals surface area (Å²) < 4.78 is 5.99. The molecule has 2 aromatic rings. The molecule has 2 atom stereocenters. The van der Waals surface area contributed by atoms with Crippen molar-refractivity contribution in [3.05, 3.63) is 66.0 Å². The standard InChI is InChI=1S/C20H27N3O/c1-17(21-12-10-19-9-5-6-11-22-19)20-16-23(13-14-24-20)15-18-7-3-2-4-8-18/h2-9,11,17,20-21H,10,12-16H2,1H3/t17-,20-/m1/s1. The summed E-state index contributed by atoms with van der Waals surface area (Å²) in [5, 5.41) is 3.59. The molecule has 1 aliphatic heterocycles. The number of hydrogen-bond donors (Lipinski definition) is 1. The summed E-state index contributed by atoms with van der Waals surface area (Å²) in [7, 11) is 0. The first-order valence-electron chi connectivity index (χ1n) is 8.82. The molecule has 0 spiro atoms. The zero-order valence-electron chi connectivity index (χ0n) is 14.4.